The second kappa shape index (κ2) is 14.4. The zero-order valence-corrected chi connectivity index (χ0v) is 37.1. The molecular weight excluding hydrogens is 777 g/mol. The number of hydrogen-bond acceptors (Lipinski definition) is 1. The van der Waals surface area contributed by atoms with E-state index in [-0.39, 0.29) is 0 Å². The maximum absolute atomic E-state index is 2.54. The molecule has 0 saturated carbocycles. The van der Waals surface area contributed by atoms with Crippen LogP contribution < -0.4 is 4.90 Å². The summed E-state index contributed by atoms with van der Waals surface area (Å²) in [7, 11) is 0. The van der Waals surface area contributed by atoms with Crippen LogP contribution >= 0.6 is 0 Å². The van der Waals surface area contributed by atoms with Crippen molar-refractivity contribution < 1.29 is 0 Å². The molecule has 0 aliphatic rings. The van der Waals surface area contributed by atoms with Crippen LogP contribution in [0, 0.1) is 41.5 Å². The van der Waals surface area contributed by atoms with Crippen molar-refractivity contribution in [2.45, 2.75) is 41.5 Å². The molecule has 0 unspecified atom stereocenters. The van der Waals surface area contributed by atoms with Crippen LogP contribution in [0.3, 0.4) is 0 Å². The molecule has 3 aromatic heterocycles. The molecule has 4 heteroatoms. The van der Waals surface area contributed by atoms with Gasteiger partial charge >= 0.3 is 0 Å². The van der Waals surface area contributed by atoms with Gasteiger partial charge in [0.15, 0.2) is 0 Å². The second-order valence-corrected chi connectivity index (χ2v) is 17.7. The Kier molecular flexibility index (Phi) is 8.51. The summed E-state index contributed by atoms with van der Waals surface area (Å²) >= 11 is 0. The number of anilines is 3. The normalized spacial score (nSPS) is 11.9. The van der Waals surface area contributed by atoms with Gasteiger partial charge < -0.3 is 18.6 Å². The highest BCUT2D eigenvalue weighted by Crippen LogP contribution is 2.46. The van der Waals surface area contributed by atoms with E-state index in [4.69, 9.17) is 0 Å². The minimum Gasteiger partial charge on any atom is -0.310 e. The number of nitrogens with zero attached hydrogens (tertiary/aromatic N) is 4. The Morgan fingerprint density at radius 3 is 0.672 bits per heavy atom. The van der Waals surface area contributed by atoms with E-state index >= 15 is 0 Å². The third-order valence-corrected chi connectivity index (χ3v) is 13.7. The number of rotatable bonds is 6. The van der Waals surface area contributed by atoms with E-state index in [2.05, 4.69) is 242 Å². The fourth-order valence-electron chi connectivity index (χ4n) is 10.7. The van der Waals surface area contributed by atoms with Gasteiger partial charge in [-0.25, -0.2) is 0 Å². The largest absolute Gasteiger partial charge is 0.310 e. The fourth-order valence-corrected chi connectivity index (χ4v) is 10.7. The quantitative estimate of drug-likeness (QED) is 0.163. The molecule has 12 aromatic rings. The van der Waals surface area contributed by atoms with Crippen molar-refractivity contribution in [2.24, 2.45) is 0 Å². The lowest BCUT2D eigenvalue weighted by molar-refractivity contribution is 1.10. The van der Waals surface area contributed by atoms with Gasteiger partial charge in [-0.2, -0.15) is 0 Å². The average Bonchev–Trinajstić information content (AvgIpc) is 3.95. The molecule has 0 amide bonds. The molecule has 0 N–H and O–H groups in total. The number of para-hydroxylation sites is 6. The third kappa shape index (κ3) is 5.55. The number of benzene rings is 9. The molecular formula is C60H48N4. The van der Waals surface area contributed by atoms with Gasteiger partial charge in [-0.3, -0.25) is 0 Å². The summed E-state index contributed by atoms with van der Waals surface area (Å²) in [4.78, 5) is 2.54. The molecule has 0 aliphatic heterocycles. The van der Waals surface area contributed by atoms with E-state index in [1.165, 1.54) is 133 Å². The maximum atomic E-state index is 2.54. The third-order valence-electron chi connectivity index (χ3n) is 13.7. The van der Waals surface area contributed by atoms with Crippen LogP contribution in [0.5, 0.6) is 0 Å². The van der Waals surface area contributed by atoms with Crippen molar-refractivity contribution in [1.82, 2.24) is 13.7 Å². The Morgan fingerprint density at radius 1 is 0.250 bits per heavy atom. The van der Waals surface area contributed by atoms with Crippen LogP contribution in [-0.2, 0) is 0 Å². The molecule has 0 aliphatic carbocycles. The lowest BCUT2D eigenvalue weighted by Gasteiger charge is -2.32. The smallest absolute Gasteiger partial charge is 0.0541 e. The zero-order valence-electron chi connectivity index (χ0n) is 37.1. The Balaban J connectivity index is 1.09. The highest BCUT2D eigenvalue weighted by Gasteiger charge is 2.25. The van der Waals surface area contributed by atoms with Gasteiger partial charge in [-0.1, -0.05) is 109 Å². The van der Waals surface area contributed by atoms with E-state index in [1.54, 1.807) is 0 Å². The molecule has 0 saturated heterocycles. The van der Waals surface area contributed by atoms with Crippen molar-refractivity contribution in [3.05, 3.63) is 215 Å². The van der Waals surface area contributed by atoms with Gasteiger partial charge in [0.25, 0.3) is 0 Å². The molecule has 12 rings (SSSR count). The predicted octanol–water partition coefficient (Wildman–Crippen LogP) is 16.3. The molecule has 0 fully saturated rings. The van der Waals surface area contributed by atoms with Crippen LogP contribution in [0.25, 0.3) is 82.5 Å². The van der Waals surface area contributed by atoms with E-state index in [1.807, 2.05) is 0 Å². The second-order valence-electron chi connectivity index (χ2n) is 17.7. The molecule has 9 aromatic carbocycles. The van der Waals surface area contributed by atoms with E-state index < -0.39 is 0 Å². The van der Waals surface area contributed by atoms with E-state index in [9.17, 15) is 0 Å². The minimum absolute atomic E-state index is 1.17. The van der Waals surface area contributed by atoms with Crippen molar-refractivity contribution in [3.8, 4) is 17.1 Å². The van der Waals surface area contributed by atoms with Crippen LogP contribution in [0.2, 0.25) is 0 Å². The molecule has 4 nitrogen and oxygen atoms in total. The van der Waals surface area contributed by atoms with Crippen LogP contribution in [-0.4, -0.2) is 13.7 Å². The lowest BCUT2D eigenvalue weighted by Crippen LogP contribution is -2.16. The van der Waals surface area contributed by atoms with Crippen molar-refractivity contribution >= 4 is 82.5 Å². The topological polar surface area (TPSA) is 18.0 Å². The van der Waals surface area contributed by atoms with Crippen LogP contribution in [0.4, 0.5) is 17.1 Å². The molecule has 0 spiro atoms. The highest BCUT2D eigenvalue weighted by atomic mass is 15.2. The van der Waals surface area contributed by atoms with E-state index in [0.717, 1.165) is 0 Å². The zero-order chi connectivity index (χ0) is 43.4. The molecule has 0 atom stereocenters. The first-order valence-electron chi connectivity index (χ1n) is 22.4. The first kappa shape index (κ1) is 37.9. The average molecular weight is 825 g/mol. The first-order valence-corrected chi connectivity index (χ1v) is 22.4. The van der Waals surface area contributed by atoms with Crippen molar-refractivity contribution in [3.63, 3.8) is 0 Å². The van der Waals surface area contributed by atoms with Gasteiger partial charge in [0, 0.05) is 66.4 Å². The Labute approximate surface area is 373 Å². The first-order chi connectivity index (χ1) is 31.3. The van der Waals surface area contributed by atoms with Gasteiger partial charge in [-0.15, -0.1) is 0 Å². The lowest BCUT2D eigenvalue weighted by atomic mass is 9.99. The number of hydrogen-bond donors (Lipinski definition) is 0. The molecule has 64 heavy (non-hydrogen) atoms. The number of aromatic nitrogens is 3. The van der Waals surface area contributed by atoms with Gasteiger partial charge in [0.1, 0.15) is 0 Å². The Morgan fingerprint density at radius 2 is 0.453 bits per heavy atom. The van der Waals surface area contributed by atoms with E-state index in [0.29, 0.717) is 0 Å². The molecule has 308 valence electrons. The predicted molar refractivity (Wildman–Crippen MR) is 273 cm³/mol. The molecule has 0 radical (unpaired) electrons. The van der Waals surface area contributed by atoms with Crippen LogP contribution in [0.1, 0.15) is 33.4 Å². The molecule has 3 heterocycles. The highest BCUT2D eigenvalue weighted by molar-refractivity contribution is 6.11. The number of aryl methyl sites for hydroxylation is 6. The standard InChI is InChI=1S/C60H48N4/c1-37-34-58(40(4)31-55(37)61-49-25-13-7-19-43(49)44-20-8-14-26-50(44)61)64(59-35-38(2)56(32-41(59)5)62-51-27-15-9-21-45(51)46-22-10-16-28-52(46)62)60-36-39(3)57(33-42(60)6)63-53-29-17-11-23-47(53)48-24-12-18-30-54(48)63/h7-36H,1-6H3. The maximum Gasteiger partial charge on any atom is 0.0541 e. The Hall–Kier alpha value is -7.82. The summed E-state index contributed by atoms with van der Waals surface area (Å²) in [6.45, 7) is 13.7. The minimum atomic E-state index is 1.17. The summed E-state index contributed by atoms with van der Waals surface area (Å²) in [6, 6.07) is 67.2. The van der Waals surface area contributed by atoms with Gasteiger partial charge in [-0.05, 0) is 148 Å². The summed E-state index contributed by atoms with van der Waals surface area (Å²) in [5, 5.41) is 7.61. The fraction of sp³-hybridized carbons (Fsp3) is 0.100. The van der Waals surface area contributed by atoms with Crippen molar-refractivity contribution in [1.29, 1.82) is 0 Å². The Bertz CT molecular complexity index is 3310. The summed E-state index contributed by atoms with van der Waals surface area (Å²) in [5.41, 5.74) is 21.6. The SMILES string of the molecule is Cc1cc(-n2c3ccccc3c3ccccc32)c(C)cc1N(c1cc(C)c(-n2c3ccccc3c3ccccc32)cc1C)c1cc(C)c(-n2c3ccccc3c3ccccc32)cc1C. The van der Waals surface area contributed by atoms with Gasteiger partial charge in [0.05, 0.1) is 33.1 Å². The van der Waals surface area contributed by atoms with Crippen LogP contribution in [0.15, 0.2) is 182 Å². The summed E-state index contributed by atoms with van der Waals surface area (Å²) < 4.78 is 7.35. The monoisotopic (exact) mass is 824 g/mol. The summed E-state index contributed by atoms with van der Waals surface area (Å²) in [5.74, 6) is 0. The molecule has 0 bridgehead atoms. The number of fused-ring (bicyclic) bond motifs is 9. The summed E-state index contributed by atoms with van der Waals surface area (Å²) in [6.07, 6.45) is 0. The van der Waals surface area contributed by atoms with Crippen molar-refractivity contribution in [2.75, 3.05) is 4.90 Å². The van der Waals surface area contributed by atoms with Gasteiger partial charge in [0.2, 0.25) is 0 Å².